The predicted octanol–water partition coefficient (Wildman–Crippen LogP) is 4.52. The van der Waals surface area contributed by atoms with Crippen molar-refractivity contribution >= 4 is 25.7 Å². The van der Waals surface area contributed by atoms with Gasteiger partial charge in [-0.05, 0) is 55.5 Å². The van der Waals surface area contributed by atoms with Crippen LogP contribution in [0.1, 0.15) is 68.6 Å². The fourth-order valence-electron chi connectivity index (χ4n) is 3.07. The molecule has 192 valence electrons. The number of amides is 1. The van der Waals surface area contributed by atoms with Gasteiger partial charge >= 0.3 is 19.9 Å². The predicted molar refractivity (Wildman–Crippen MR) is 126 cm³/mol. The second kappa shape index (κ2) is 15.6. The fourth-order valence-corrected chi connectivity index (χ4v) is 3.54. The van der Waals surface area contributed by atoms with Crippen LogP contribution in [0.2, 0.25) is 0 Å². The number of aryl methyl sites for hydroxylation is 2. The van der Waals surface area contributed by atoms with Crippen LogP contribution in [0.15, 0.2) is 12.1 Å². The van der Waals surface area contributed by atoms with Gasteiger partial charge in [0.1, 0.15) is 18.1 Å². The van der Waals surface area contributed by atoms with Gasteiger partial charge in [-0.1, -0.05) is 19.8 Å². The second-order valence-electron chi connectivity index (χ2n) is 7.83. The molecule has 1 rings (SSSR count). The van der Waals surface area contributed by atoms with Gasteiger partial charge in [0.05, 0.1) is 13.0 Å². The van der Waals surface area contributed by atoms with Crippen molar-refractivity contribution in [3.63, 3.8) is 0 Å². The van der Waals surface area contributed by atoms with E-state index < -0.39 is 19.9 Å². The van der Waals surface area contributed by atoms with Gasteiger partial charge in [-0.3, -0.25) is 18.6 Å². The highest BCUT2D eigenvalue weighted by molar-refractivity contribution is 7.47. The van der Waals surface area contributed by atoms with Crippen LogP contribution in [0.3, 0.4) is 0 Å². The van der Waals surface area contributed by atoms with E-state index in [1.54, 1.807) is 32.9 Å². The number of phosphoric ester groups is 1. The van der Waals surface area contributed by atoms with Crippen LogP contribution in [0, 0.1) is 13.8 Å². The van der Waals surface area contributed by atoms with Crippen LogP contribution in [-0.4, -0.2) is 43.0 Å². The molecule has 0 saturated carbocycles. The Labute approximate surface area is 200 Å². The monoisotopic (exact) mass is 501 g/mol. The van der Waals surface area contributed by atoms with Crippen molar-refractivity contribution in [2.24, 2.45) is 0 Å². The van der Waals surface area contributed by atoms with Gasteiger partial charge in [0.15, 0.2) is 0 Å². The number of rotatable bonds is 16. The number of Topliss-reactive ketones (excluding diaryl/α,β-unsaturated/α-hetero) is 1. The molecule has 1 aromatic carbocycles. The zero-order chi connectivity index (χ0) is 25.6. The Bertz CT molecular complexity index is 849. The van der Waals surface area contributed by atoms with Crippen LogP contribution in [-0.2, 0) is 34.5 Å². The van der Waals surface area contributed by atoms with E-state index in [0.29, 0.717) is 25.1 Å². The molecule has 1 unspecified atom stereocenters. The van der Waals surface area contributed by atoms with E-state index in [0.717, 1.165) is 43.1 Å². The lowest BCUT2D eigenvalue weighted by atomic mass is 10.1. The quantitative estimate of drug-likeness (QED) is 0.145. The number of hydrogen-bond donors (Lipinski definition) is 2. The molecule has 0 radical (unpaired) electrons. The topological polar surface area (TPSA) is 137 Å². The third-order valence-corrected chi connectivity index (χ3v) is 5.90. The van der Waals surface area contributed by atoms with E-state index >= 15 is 0 Å². The zero-order valence-electron chi connectivity index (χ0n) is 20.4. The number of benzene rings is 1. The number of unbranched alkanes of at least 4 members (excludes halogenated alkanes) is 3. The maximum atomic E-state index is 12.0. The number of ketones is 1. The lowest BCUT2D eigenvalue weighted by molar-refractivity contribution is -0.136. The van der Waals surface area contributed by atoms with Gasteiger partial charge in [0.25, 0.3) is 0 Å². The molecule has 11 heteroatoms. The minimum atomic E-state index is -3.91. The molecule has 0 heterocycles. The average Bonchev–Trinajstić information content (AvgIpc) is 2.80. The Kier molecular flexibility index (Phi) is 13.7. The van der Waals surface area contributed by atoms with Crippen molar-refractivity contribution < 1.29 is 42.4 Å². The fraction of sp³-hybridized carbons (Fsp3) is 0.609. The van der Waals surface area contributed by atoms with Crippen molar-refractivity contribution in [3.8, 4) is 5.75 Å². The Morgan fingerprint density at radius 1 is 1.03 bits per heavy atom. The molecule has 0 aliphatic carbocycles. The SMILES string of the molecule is CCC(=O)CCC(=O)Oc1c(C)cc(COC(=O)NCCCCCCOP(=O)(O)OC)cc1C. The minimum absolute atomic E-state index is 0.0174. The molecular weight excluding hydrogens is 465 g/mol. The third kappa shape index (κ3) is 12.3. The van der Waals surface area contributed by atoms with Crippen LogP contribution < -0.4 is 10.1 Å². The van der Waals surface area contributed by atoms with Crippen molar-refractivity contribution in [2.45, 2.75) is 72.3 Å². The molecule has 0 aliphatic rings. The molecule has 1 amide bonds. The number of hydrogen-bond acceptors (Lipinski definition) is 8. The third-order valence-electron chi connectivity index (χ3n) is 4.93. The van der Waals surface area contributed by atoms with Crippen molar-refractivity contribution in [1.82, 2.24) is 5.32 Å². The summed E-state index contributed by atoms with van der Waals surface area (Å²) in [6, 6.07) is 3.58. The van der Waals surface area contributed by atoms with E-state index in [-0.39, 0.29) is 31.8 Å². The summed E-state index contributed by atoms with van der Waals surface area (Å²) in [7, 11) is -2.80. The zero-order valence-corrected chi connectivity index (χ0v) is 21.3. The number of esters is 1. The maximum Gasteiger partial charge on any atom is 0.471 e. The lowest BCUT2D eigenvalue weighted by Crippen LogP contribution is -2.25. The first-order chi connectivity index (χ1) is 16.1. The molecule has 2 N–H and O–H groups in total. The van der Waals surface area contributed by atoms with Gasteiger partial charge in [-0.2, -0.15) is 0 Å². The molecule has 1 atom stereocenters. The summed E-state index contributed by atoms with van der Waals surface area (Å²) in [5.41, 5.74) is 2.24. The van der Waals surface area contributed by atoms with Crippen LogP contribution >= 0.6 is 7.82 Å². The molecule has 0 spiro atoms. The van der Waals surface area contributed by atoms with Crippen LogP contribution in [0.5, 0.6) is 5.75 Å². The Balaban J connectivity index is 2.31. The summed E-state index contributed by atoms with van der Waals surface area (Å²) in [6.07, 6.45) is 3.03. The molecule has 10 nitrogen and oxygen atoms in total. The normalized spacial score (nSPS) is 12.6. The number of ether oxygens (including phenoxy) is 2. The Morgan fingerprint density at radius 2 is 1.68 bits per heavy atom. The molecule has 0 aliphatic heterocycles. The lowest BCUT2D eigenvalue weighted by Gasteiger charge is -2.13. The standard InChI is InChI=1S/C23H36NO9P/c1-5-20(25)10-11-21(26)33-22-17(2)14-19(15-18(22)3)16-31-23(27)24-12-8-6-7-9-13-32-34(28,29)30-4/h14-15H,5-13,16H2,1-4H3,(H,24,27)(H,28,29). The first kappa shape index (κ1) is 29.8. The number of nitrogens with one attached hydrogen (secondary N) is 1. The summed E-state index contributed by atoms with van der Waals surface area (Å²) >= 11 is 0. The van der Waals surface area contributed by atoms with Crippen molar-refractivity contribution in [3.05, 3.63) is 28.8 Å². The largest absolute Gasteiger partial charge is 0.471 e. The minimum Gasteiger partial charge on any atom is -0.445 e. The van der Waals surface area contributed by atoms with E-state index in [1.165, 1.54) is 0 Å². The van der Waals surface area contributed by atoms with E-state index in [1.807, 2.05) is 0 Å². The summed E-state index contributed by atoms with van der Waals surface area (Å²) < 4.78 is 30.8. The average molecular weight is 502 g/mol. The molecule has 0 aromatic heterocycles. The highest BCUT2D eigenvalue weighted by Crippen LogP contribution is 2.41. The highest BCUT2D eigenvalue weighted by Gasteiger charge is 2.17. The van der Waals surface area contributed by atoms with Gasteiger partial charge in [0.2, 0.25) is 0 Å². The molecule has 0 saturated heterocycles. The number of carbonyl (C=O) groups is 3. The number of phosphoric acid groups is 1. The van der Waals surface area contributed by atoms with Gasteiger partial charge < -0.3 is 19.7 Å². The number of carbonyl (C=O) groups excluding carboxylic acids is 3. The molecule has 1 aromatic rings. The van der Waals surface area contributed by atoms with E-state index in [2.05, 4.69) is 9.84 Å². The Morgan fingerprint density at radius 3 is 2.29 bits per heavy atom. The first-order valence-electron chi connectivity index (χ1n) is 11.3. The van der Waals surface area contributed by atoms with Gasteiger partial charge in [0, 0.05) is 26.5 Å². The maximum absolute atomic E-state index is 12.0. The molecule has 0 fully saturated rings. The summed E-state index contributed by atoms with van der Waals surface area (Å²) in [5.74, 6) is 0.0210. The summed E-state index contributed by atoms with van der Waals surface area (Å²) in [6.45, 7) is 6.01. The van der Waals surface area contributed by atoms with Gasteiger partial charge in [-0.25, -0.2) is 9.36 Å². The Hall–Kier alpha value is -2.26. The van der Waals surface area contributed by atoms with Gasteiger partial charge in [-0.15, -0.1) is 0 Å². The first-order valence-corrected chi connectivity index (χ1v) is 12.8. The van der Waals surface area contributed by atoms with E-state index in [4.69, 9.17) is 18.9 Å². The van der Waals surface area contributed by atoms with E-state index in [9.17, 15) is 18.9 Å². The van der Waals surface area contributed by atoms with Crippen LogP contribution in [0.4, 0.5) is 4.79 Å². The smallest absolute Gasteiger partial charge is 0.445 e. The number of alkyl carbamates (subject to hydrolysis) is 1. The second-order valence-corrected chi connectivity index (χ2v) is 9.39. The molecule has 0 bridgehead atoms. The molecule has 34 heavy (non-hydrogen) atoms. The summed E-state index contributed by atoms with van der Waals surface area (Å²) in [4.78, 5) is 44.4. The van der Waals surface area contributed by atoms with Crippen molar-refractivity contribution in [2.75, 3.05) is 20.3 Å². The summed E-state index contributed by atoms with van der Waals surface area (Å²) in [5, 5.41) is 2.68. The highest BCUT2D eigenvalue weighted by atomic mass is 31.2. The van der Waals surface area contributed by atoms with Crippen LogP contribution in [0.25, 0.3) is 0 Å². The molecular formula is C23H36NO9P. The van der Waals surface area contributed by atoms with Crippen molar-refractivity contribution in [1.29, 1.82) is 0 Å².